The number of rotatable bonds is 6. The summed E-state index contributed by atoms with van der Waals surface area (Å²) in [6, 6.07) is 2.76. The molecule has 4 rings (SSSR count). The molecule has 2 aliphatic rings. The van der Waals surface area contributed by atoms with Gasteiger partial charge in [0, 0.05) is 17.7 Å². The Balaban J connectivity index is 1.43. The van der Waals surface area contributed by atoms with Crippen molar-refractivity contribution in [2.45, 2.75) is 64.2 Å². The highest BCUT2D eigenvalue weighted by molar-refractivity contribution is 5.91. The summed E-state index contributed by atoms with van der Waals surface area (Å²) in [5.74, 6) is -6.77. The van der Waals surface area contributed by atoms with Crippen LogP contribution in [0.2, 0.25) is 0 Å². The van der Waals surface area contributed by atoms with Crippen LogP contribution < -0.4 is 4.74 Å². The fourth-order valence-corrected chi connectivity index (χ4v) is 5.86. The lowest BCUT2D eigenvalue weighted by molar-refractivity contribution is 0.0732. The summed E-state index contributed by atoms with van der Waals surface area (Å²) in [4.78, 5) is 12.3. The lowest BCUT2D eigenvalue weighted by Crippen LogP contribution is -2.31. The smallest absolute Gasteiger partial charge is 0.343 e. The summed E-state index contributed by atoms with van der Waals surface area (Å²) >= 11 is 0. The summed E-state index contributed by atoms with van der Waals surface area (Å²) < 4.78 is 74.6. The van der Waals surface area contributed by atoms with Gasteiger partial charge in [-0.15, -0.1) is 0 Å². The monoisotopic (exact) mass is 492 g/mol. The summed E-state index contributed by atoms with van der Waals surface area (Å²) in [6.45, 7) is 2.03. The molecule has 0 spiro atoms. The predicted molar refractivity (Wildman–Crippen MR) is 123 cm³/mol. The van der Waals surface area contributed by atoms with Crippen LogP contribution in [0.1, 0.15) is 80.1 Å². The fraction of sp³-hybridized carbons (Fsp3) is 0.464. The molecule has 2 aromatic rings. The number of halogens is 5. The molecule has 2 nitrogen and oxygen atoms in total. The van der Waals surface area contributed by atoms with E-state index in [0.29, 0.717) is 36.3 Å². The van der Waals surface area contributed by atoms with Crippen LogP contribution in [0.4, 0.5) is 22.0 Å². The van der Waals surface area contributed by atoms with Crippen LogP contribution in [0.3, 0.4) is 0 Å². The molecule has 4 atom stereocenters. The van der Waals surface area contributed by atoms with Crippen molar-refractivity contribution in [3.8, 4) is 5.75 Å². The third-order valence-electron chi connectivity index (χ3n) is 7.59. The molecule has 188 valence electrons. The average Bonchev–Trinajstić information content (AvgIpc) is 2.82. The summed E-state index contributed by atoms with van der Waals surface area (Å²) in [7, 11) is 0. The van der Waals surface area contributed by atoms with Crippen molar-refractivity contribution in [1.82, 2.24) is 0 Å². The van der Waals surface area contributed by atoms with Gasteiger partial charge in [0.05, 0.1) is 5.56 Å². The standard InChI is InChI=1S/C28H29F5O2/c1-2-3-4-5-16-6-7-18-11-19(9-8-17(18)10-16)26-22(29)12-20(13-23(26)30)28(34)35-21-14-24(31)27(33)25(32)15-21/h2-3,12-19H,4-11H2,1H3/b3-2+. The third kappa shape index (κ3) is 5.76. The number of esters is 1. The molecule has 0 amide bonds. The minimum absolute atomic E-state index is 0.0194. The van der Waals surface area contributed by atoms with Crippen molar-refractivity contribution in [2.75, 3.05) is 0 Å². The van der Waals surface area contributed by atoms with Gasteiger partial charge in [-0.1, -0.05) is 18.6 Å². The van der Waals surface area contributed by atoms with Crippen molar-refractivity contribution < 1.29 is 31.5 Å². The van der Waals surface area contributed by atoms with Crippen molar-refractivity contribution >= 4 is 5.97 Å². The molecule has 2 aromatic carbocycles. The normalized spacial score (nSPS) is 24.4. The number of ether oxygens (including phenoxy) is 1. The van der Waals surface area contributed by atoms with Gasteiger partial charge in [-0.05, 0) is 87.7 Å². The van der Waals surface area contributed by atoms with E-state index in [0.717, 1.165) is 44.2 Å². The predicted octanol–water partition coefficient (Wildman–Crippen LogP) is 8.26. The molecule has 0 aliphatic heterocycles. The van der Waals surface area contributed by atoms with Crippen LogP contribution in [0.25, 0.3) is 0 Å². The Morgan fingerprint density at radius 1 is 0.886 bits per heavy atom. The molecule has 0 radical (unpaired) electrons. The van der Waals surface area contributed by atoms with Gasteiger partial charge < -0.3 is 4.74 Å². The van der Waals surface area contributed by atoms with Crippen LogP contribution in [-0.4, -0.2) is 5.97 Å². The number of allylic oxidation sites excluding steroid dienone is 2. The molecule has 4 unspecified atom stereocenters. The lowest BCUT2D eigenvalue weighted by atomic mass is 9.63. The van der Waals surface area contributed by atoms with Gasteiger partial charge in [0.25, 0.3) is 0 Å². The van der Waals surface area contributed by atoms with Gasteiger partial charge in [-0.25, -0.2) is 26.7 Å². The van der Waals surface area contributed by atoms with Crippen LogP contribution in [-0.2, 0) is 0 Å². The Morgan fingerprint density at radius 3 is 2.17 bits per heavy atom. The van der Waals surface area contributed by atoms with E-state index in [4.69, 9.17) is 4.74 Å². The van der Waals surface area contributed by atoms with Gasteiger partial charge in [0.2, 0.25) is 0 Å². The molecule has 0 heterocycles. The molecule has 7 heteroatoms. The van der Waals surface area contributed by atoms with Crippen molar-refractivity contribution in [2.24, 2.45) is 17.8 Å². The molecule has 0 aromatic heterocycles. The summed E-state index contributed by atoms with van der Waals surface area (Å²) in [5.41, 5.74) is -0.446. The van der Waals surface area contributed by atoms with Crippen LogP contribution in [0.5, 0.6) is 5.75 Å². The first-order chi connectivity index (χ1) is 16.8. The van der Waals surface area contributed by atoms with E-state index in [1.807, 2.05) is 6.92 Å². The first-order valence-corrected chi connectivity index (χ1v) is 12.2. The molecular formula is C28H29F5O2. The Bertz CT molecular complexity index is 1070. The molecule has 0 saturated heterocycles. The number of benzene rings is 2. The largest absolute Gasteiger partial charge is 0.423 e. The highest BCUT2D eigenvalue weighted by Gasteiger charge is 2.37. The van der Waals surface area contributed by atoms with E-state index < -0.39 is 46.4 Å². The topological polar surface area (TPSA) is 26.3 Å². The van der Waals surface area contributed by atoms with Crippen LogP contribution >= 0.6 is 0 Å². The van der Waals surface area contributed by atoms with Gasteiger partial charge in [-0.2, -0.15) is 0 Å². The van der Waals surface area contributed by atoms with E-state index in [1.54, 1.807) is 0 Å². The number of hydrogen-bond acceptors (Lipinski definition) is 2. The Labute approximate surface area is 202 Å². The maximum absolute atomic E-state index is 15.0. The summed E-state index contributed by atoms with van der Waals surface area (Å²) in [6.07, 6.45) is 12.3. The zero-order chi connectivity index (χ0) is 25.1. The minimum atomic E-state index is -1.71. The van der Waals surface area contributed by atoms with E-state index in [1.165, 1.54) is 12.8 Å². The van der Waals surface area contributed by atoms with Crippen molar-refractivity contribution in [3.63, 3.8) is 0 Å². The maximum Gasteiger partial charge on any atom is 0.343 e. The number of carbonyl (C=O) groups is 1. The first-order valence-electron chi connectivity index (χ1n) is 12.2. The van der Waals surface area contributed by atoms with E-state index in [2.05, 4.69) is 12.2 Å². The van der Waals surface area contributed by atoms with E-state index in [9.17, 15) is 18.0 Å². The van der Waals surface area contributed by atoms with Gasteiger partial charge in [-0.3, -0.25) is 0 Å². The average molecular weight is 493 g/mol. The Morgan fingerprint density at radius 2 is 1.51 bits per heavy atom. The number of fused-ring (bicyclic) bond motifs is 1. The maximum atomic E-state index is 15.0. The SMILES string of the molecule is C/C=C/CCC1CCC2CC(c3c(F)cc(C(=O)Oc4cc(F)c(F)c(F)c4)cc3F)CCC2C1. The second-order valence-corrected chi connectivity index (χ2v) is 9.80. The van der Waals surface area contributed by atoms with Gasteiger partial charge >= 0.3 is 5.97 Å². The van der Waals surface area contributed by atoms with Crippen molar-refractivity contribution in [1.29, 1.82) is 0 Å². The molecule has 2 aliphatic carbocycles. The van der Waals surface area contributed by atoms with E-state index in [-0.39, 0.29) is 11.5 Å². The second kappa shape index (κ2) is 10.9. The third-order valence-corrected chi connectivity index (χ3v) is 7.59. The Hall–Kier alpha value is -2.70. The highest BCUT2D eigenvalue weighted by atomic mass is 19.2. The highest BCUT2D eigenvalue weighted by Crippen LogP contribution is 2.49. The minimum Gasteiger partial charge on any atom is -0.423 e. The molecule has 35 heavy (non-hydrogen) atoms. The Kier molecular flexibility index (Phi) is 7.92. The van der Waals surface area contributed by atoms with Crippen molar-refractivity contribution in [3.05, 3.63) is 76.6 Å². The molecular weight excluding hydrogens is 463 g/mol. The fourth-order valence-electron chi connectivity index (χ4n) is 5.86. The van der Waals surface area contributed by atoms with Crippen LogP contribution in [0.15, 0.2) is 36.4 Å². The molecule has 0 bridgehead atoms. The van der Waals surface area contributed by atoms with Gasteiger partial charge in [0.1, 0.15) is 17.4 Å². The molecule has 2 saturated carbocycles. The number of carbonyl (C=O) groups excluding carboxylic acids is 1. The lowest BCUT2D eigenvalue weighted by Gasteiger charge is -2.42. The van der Waals surface area contributed by atoms with Crippen LogP contribution in [0, 0.1) is 46.8 Å². The zero-order valence-corrected chi connectivity index (χ0v) is 19.6. The second-order valence-electron chi connectivity index (χ2n) is 9.80. The summed E-state index contributed by atoms with van der Waals surface area (Å²) in [5, 5.41) is 0. The molecule has 0 N–H and O–H groups in total. The first kappa shape index (κ1) is 25.4. The quantitative estimate of drug-likeness (QED) is 0.133. The zero-order valence-electron chi connectivity index (χ0n) is 19.6. The number of hydrogen-bond donors (Lipinski definition) is 0. The van der Waals surface area contributed by atoms with Gasteiger partial charge in [0.15, 0.2) is 17.5 Å². The molecule has 2 fully saturated rings. The van der Waals surface area contributed by atoms with E-state index >= 15 is 8.78 Å².